The number of nitrogens with two attached hydrogens (primary N) is 1. The van der Waals surface area contributed by atoms with E-state index in [9.17, 15) is 0 Å². The fraction of sp³-hybridized carbons (Fsp3) is 0.750. The van der Waals surface area contributed by atoms with Crippen LogP contribution < -0.4 is 5.73 Å². The van der Waals surface area contributed by atoms with E-state index in [0.29, 0.717) is 12.0 Å². The van der Waals surface area contributed by atoms with Gasteiger partial charge in [0.25, 0.3) is 0 Å². The van der Waals surface area contributed by atoms with E-state index in [1.807, 2.05) is 4.68 Å². The van der Waals surface area contributed by atoms with Crippen molar-refractivity contribution in [2.75, 3.05) is 0 Å². The van der Waals surface area contributed by atoms with Crippen LogP contribution in [0.4, 0.5) is 0 Å². The average molecular weight is 166 g/mol. The molecule has 2 atom stereocenters. The third-order valence-electron chi connectivity index (χ3n) is 2.49. The number of hydrogen-bond donors (Lipinski definition) is 1. The van der Waals surface area contributed by atoms with Gasteiger partial charge in [-0.3, -0.25) is 4.68 Å². The fourth-order valence-corrected chi connectivity index (χ4v) is 1.87. The van der Waals surface area contributed by atoms with Crippen molar-refractivity contribution in [3.05, 3.63) is 12.7 Å². The summed E-state index contributed by atoms with van der Waals surface area (Å²) in [7, 11) is 0. The molecule has 66 valence electrons. The molecule has 4 nitrogen and oxygen atoms in total. The van der Waals surface area contributed by atoms with E-state index in [-0.39, 0.29) is 0 Å². The Morgan fingerprint density at radius 2 is 2.42 bits per heavy atom. The lowest BCUT2D eigenvalue weighted by molar-refractivity contribution is 0.423. The van der Waals surface area contributed by atoms with Crippen LogP contribution in [0.15, 0.2) is 12.7 Å². The van der Waals surface area contributed by atoms with Crippen LogP contribution in [0, 0.1) is 5.92 Å². The van der Waals surface area contributed by atoms with Crippen molar-refractivity contribution in [1.29, 1.82) is 0 Å². The Hall–Kier alpha value is -0.900. The molecule has 1 aromatic heterocycles. The van der Waals surface area contributed by atoms with Crippen LogP contribution in [0.5, 0.6) is 0 Å². The predicted molar refractivity (Wildman–Crippen MR) is 45.3 cm³/mol. The number of rotatable bonds is 2. The molecule has 2 N–H and O–H groups in total. The Balaban J connectivity index is 1.88. The molecule has 0 aromatic carbocycles. The molecule has 1 aliphatic rings. The Bertz CT molecular complexity index is 231. The summed E-state index contributed by atoms with van der Waals surface area (Å²) in [5, 5.41) is 4.07. The van der Waals surface area contributed by atoms with Crippen molar-refractivity contribution in [2.24, 2.45) is 11.7 Å². The molecule has 0 amide bonds. The van der Waals surface area contributed by atoms with Crippen molar-refractivity contribution in [1.82, 2.24) is 14.8 Å². The van der Waals surface area contributed by atoms with Gasteiger partial charge in [0, 0.05) is 12.6 Å². The Morgan fingerprint density at radius 3 is 3.00 bits per heavy atom. The summed E-state index contributed by atoms with van der Waals surface area (Å²) >= 11 is 0. The van der Waals surface area contributed by atoms with Gasteiger partial charge in [0.2, 0.25) is 0 Å². The molecule has 1 saturated carbocycles. The Labute approximate surface area is 71.8 Å². The molecular formula is C8H14N4. The van der Waals surface area contributed by atoms with E-state index in [4.69, 9.17) is 5.73 Å². The normalized spacial score (nSPS) is 29.4. The smallest absolute Gasteiger partial charge is 0.137 e. The molecule has 1 aromatic rings. The SMILES string of the molecule is NC1CCC(Cn2cncn2)C1. The molecule has 0 aliphatic heterocycles. The predicted octanol–water partition coefficient (Wildman–Crippen LogP) is 0.405. The summed E-state index contributed by atoms with van der Waals surface area (Å²) in [6.45, 7) is 0.980. The summed E-state index contributed by atoms with van der Waals surface area (Å²) in [5.41, 5.74) is 5.81. The highest BCUT2D eigenvalue weighted by molar-refractivity contribution is 4.77. The van der Waals surface area contributed by atoms with Gasteiger partial charge in [-0.1, -0.05) is 0 Å². The van der Waals surface area contributed by atoms with Gasteiger partial charge < -0.3 is 5.73 Å². The van der Waals surface area contributed by atoms with E-state index in [2.05, 4.69) is 10.1 Å². The van der Waals surface area contributed by atoms with E-state index >= 15 is 0 Å². The molecule has 1 fully saturated rings. The maximum Gasteiger partial charge on any atom is 0.137 e. The zero-order chi connectivity index (χ0) is 8.39. The van der Waals surface area contributed by atoms with Crippen LogP contribution >= 0.6 is 0 Å². The molecule has 1 aliphatic carbocycles. The quantitative estimate of drug-likeness (QED) is 0.692. The van der Waals surface area contributed by atoms with Gasteiger partial charge >= 0.3 is 0 Å². The minimum Gasteiger partial charge on any atom is -0.328 e. The minimum atomic E-state index is 0.415. The lowest BCUT2D eigenvalue weighted by Gasteiger charge is -2.07. The van der Waals surface area contributed by atoms with Crippen LogP contribution in [0.3, 0.4) is 0 Å². The van der Waals surface area contributed by atoms with Crippen molar-refractivity contribution in [3.8, 4) is 0 Å². The van der Waals surface area contributed by atoms with Gasteiger partial charge in [0.05, 0.1) is 0 Å². The maximum absolute atomic E-state index is 5.81. The molecular weight excluding hydrogens is 152 g/mol. The highest BCUT2D eigenvalue weighted by Crippen LogP contribution is 2.24. The zero-order valence-electron chi connectivity index (χ0n) is 7.06. The zero-order valence-corrected chi connectivity index (χ0v) is 7.06. The first-order valence-corrected chi connectivity index (χ1v) is 4.42. The molecule has 2 rings (SSSR count). The standard InChI is InChI=1S/C8H14N4/c9-8-2-1-7(3-8)4-12-6-10-5-11-12/h5-8H,1-4,9H2. The minimum absolute atomic E-state index is 0.415. The molecule has 0 radical (unpaired) electrons. The van der Waals surface area contributed by atoms with Gasteiger partial charge in [-0.05, 0) is 25.2 Å². The van der Waals surface area contributed by atoms with Crippen LogP contribution in [-0.2, 0) is 6.54 Å². The van der Waals surface area contributed by atoms with Crippen molar-refractivity contribution >= 4 is 0 Å². The molecule has 0 spiro atoms. The summed E-state index contributed by atoms with van der Waals surface area (Å²) in [4.78, 5) is 3.90. The van der Waals surface area contributed by atoms with Crippen LogP contribution in [0.25, 0.3) is 0 Å². The first-order valence-electron chi connectivity index (χ1n) is 4.42. The highest BCUT2D eigenvalue weighted by Gasteiger charge is 2.21. The third kappa shape index (κ3) is 1.64. The lowest BCUT2D eigenvalue weighted by atomic mass is 10.1. The number of nitrogens with zero attached hydrogens (tertiary/aromatic N) is 3. The molecule has 1 heterocycles. The monoisotopic (exact) mass is 166 g/mol. The molecule has 4 heteroatoms. The maximum atomic E-state index is 5.81. The Kier molecular flexibility index (Phi) is 2.08. The summed E-state index contributed by atoms with van der Waals surface area (Å²) in [6.07, 6.45) is 6.89. The van der Waals surface area contributed by atoms with Crippen LogP contribution in [0.2, 0.25) is 0 Å². The van der Waals surface area contributed by atoms with Gasteiger partial charge in [-0.15, -0.1) is 0 Å². The Morgan fingerprint density at radius 1 is 1.50 bits per heavy atom. The first kappa shape index (κ1) is 7.73. The highest BCUT2D eigenvalue weighted by atomic mass is 15.3. The van der Waals surface area contributed by atoms with E-state index in [1.54, 1.807) is 12.7 Å². The topological polar surface area (TPSA) is 56.7 Å². The fourth-order valence-electron chi connectivity index (χ4n) is 1.87. The van der Waals surface area contributed by atoms with E-state index in [1.165, 1.54) is 12.8 Å². The largest absolute Gasteiger partial charge is 0.328 e. The van der Waals surface area contributed by atoms with E-state index < -0.39 is 0 Å². The van der Waals surface area contributed by atoms with Gasteiger partial charge in [0.15, 0.2) is 0 Å². The van der Waals surface area contributed by atoms with E-state index in [0.717, 1.165) is 13.0 Å². The van der Waals surface area contributed by atoms with Crippen molar-refractivity contribution in [2.45, 2.75) is 31.8 Å². The second kappa shape index (κ2) is 3.23. The average Bonchev–Trinajstić information content (AvgIpc) is 2.63. The van der Waals surface area contributed by atoms with Gasteiger partial charge in [-0.2, -0.15) is 5.10 Å². The van der Waals surface area contributed by atoms with Gasteiger partial charge in [0.1, 0.15) is 12.7 Å². The molecule has 0 bridgehead atoms. The second-order valence-electron chi connectivity index (χ2n) is 3.56. The lowest BCUT2D eigenvalue weighted by Crippen LogP contribution is -2.16. The molecule has 0 saturated heterocycles. The van der Waals surface area contributed by atoms with Crippen LogP contribution in [-0.4, -0.2) is 20.8 Å². The first-order chi connectivity index (χ1) is 5.84. The second-order valence-corrected chi connectivity index (χ2v) is 3.56. The third-order valence-corrected chi connectivity index (χ3v) is 2.49. The van der Waals surface area contributed by atoms with Crippen LogP contribution in [0.1, 0.15) is 19.3 Å². The van der Waals surface area contributed by atoms with Gasteiger partial charge in [-0.25, -0.2) is 4.98 Å². The van der Waals surface area contributed by atoms with Crippen molar-refractivity contribution in [3.63, 3.8) is 0 Å². The summed E-state index contributed by atoms with van der Waals surface area (Å²) < 4.78 is 1.89. The van der Waals surface area contributed by atoms with Crippen molar-refractivity contribution < 1.29 is 0 Å². The molecule has 12 heavy (non-hydrogen) atoms. The number of hydrogen-bond acceptors (Lipinski definition) is 3. The summed E-state index contributed by atoms with van der Waals surface area (Å²) in [5.74, 6) is 0.710. The summed E-state index contributed by atoms with van der Waals surface area (Å²) in [6, 6.07) is 0.415. The molecule has 2 unspecified atom stereocenters. The number of aromatic nitrogens is 3.